The summed E-state index contributed by atoms with van der Waals surface area (Å²) in [4.78, 5) is 11.0. The second-order valence-electron chi connectivity index (χ2n) is 3.73. The lowest BCUT2D eigenvalue weighted by Crippen LogP contribution is -2.05. The van der Waals surface area contributed by atoms with Crippen molar-refractivity contribution in [2.24, 2.45) is 0 Å². The van der Waals surface area contributed by atoms with E-state index >= 15 is 0 Å². The summed E-state index contributed by atoms with van der Waals surface area (Å²) in [6.07, 6.45) is 2.01. The Labute approximate surface area is 120 Å². The lowest BCUT2D eigenvalue weighted by Gasteiger charge is -2.14. The maximum atomic E-state index is 11.0. The Bertz CT molecular complexity index is 418. The lowest BCUT2D eigenvalue weighted by molar-refractivity contribution is 0.0696. The molecule has 100 valence electrons. The van der Waals surface area contributed by atoms with Crippen LogP contribution in [0.4, 0.5) is 0 Å². The monoisotopic (exact) mass is 364 g/mol. The molecule has 0 atom stereocenters. The number of carboxylic acids is 1. The zero-order valence-corrected chi connectivity index (χ0v) is 12.7. The number of carbonyl (C=O) groups is 1. The minimum Gasteiger partial charge on any atom is -0.490 e. The minimum absolute atomic E-state index is 0.214. The average Bonchev–Trinajstić information content (AvgIpc) is 2.32. The van der Waals surface area contributed by atoms with Gasteiger partial charge in [0.2, 0.25) is 0 Å². The Morgan fingerprint density at radius 1 is 1.33 bits per heavy atom. The van der Waals surface area contributed by atoms with Crippen LogP contribution in [0.2, 0.25) is 0 Å². The quantitative estimate of drug-likeness (QED) is 0.594. The maximum absolute atomic E-state index is 11.0. The highest BCUT2D eigenvalue weighted by atomic mass is 127. The number of rotatable bonds is 7. The zero-order valence-electron chi connectivity index (χ0n) is 10.5. The molecule has 0 unspecified atom stereocenters. The first-order valence-corrected chi connectivity index (χ1v) is 7.00. The van der Waals surface area contributed by atoms with E-state index in [-0.39, 0.29) is 5.56 Å². The van der Waals surface area contributed by atoms with Crippen molar-refractivity contribution in [1.82, 2.24) is 0 Å². The van der Waals surface area contributed by atoms with Crippen LogP contribution in [0, 0.1) is 3.57 Å². The zero-order chi connectivity index (χ0) is 13.5. The van der Waals surface area contributed by atoms with Crippen molar-refractivity contribution in [3.05, 3.63) is 21.3 Å². The number of carboxylic acid groups (broad SMARTS) is 1. The molecule has 0 aliphatic rings. The molecule has 0 fully saturated rings. The number of unbranched alkanes of at least 4 members (excludes halogenated alkanes) is 1. The molecule has 0 aliphatic carbocycles. The molecule has 18 heavy (non-hydrogen) atoms. The van der Waals surface area contributed by atoms with Gasteiger partial charge < -0.3 is 14.6 Å². The number of benzene rings is 1. The molecule has 0 heterocycles. The second kappa shape index (κ2) is 7.45. The Hall–Kier alpha value is -0.980. The van der Waals surface area contributed by atoms with Crippen LogP contribution in [-0.4, -0.2) is 24.3 Å². The third-order valence-electron chi connectivity index (χ3n) is 2.30. The van der Waals surface area contributed by atoms with Gasteiger partial charge in [0.25, 0.3) is 0 Å². The first kappa shape index (κ1) is 15.1. The van der Waals surface area contributed by atoms with Gasteiger partial charge in [-0.2, -0.15) is 0 Å². The molecule has 0 spiro atoms. The SMILES string of the molecule is CCCCOc1c(I)cc(C(=O)O)cc1OCC. The molecule has 0 aliphatic heterocycles. The summed E-state index contributed by atoms with van der Waals surface area (Å²) in [6, 6.07) is 3.10. The molecular formula is C13H17IO4. The summed E-state index contributed by atoms with van der Waals surface area (Å²) in [6.45, 7) is 5.03. The van der Waals surface area contributed by atoms with Gasteiger partial charge in [0.1, 0.15) is 0 Å². The maximum Gasteiger partial charge on any atom is 0.335 e. The first-order chi connectivity index (χ1) is 8.60. The summed E-state index contributed by atoms with van der Waals surface area (Å²) < 4.78 is 11.9. The van der Waals surface area contributed by atoms with Gasteiger partial charge in [-0.1, -0.05) is 13.3 Å². The molecule has 0 amide bonds. The van der Waals surface area contributed by atoms with E-state index in [1.165, 1.54) is 6.07 Å². The van der Waals surface area contributed by atoms with Crippen LogP contribution in [0.3, 0.4) is 0 Å². The van der Waals surface area contributed by atoms with Crippen LogP contribution in [-0.2, 0) is 0 Å². The van der Waals surface area contributed by atoms with Gasteiger partial charge in [0.05, 0.1) is 22.3 Å². The van der Waals surface area contributed by atoms with Crippen molar-refractivity contribution in [1.29, 1.82) is 0 Å². The normalized spacial score (nSPS) is 10.2. The van der Waals surface area contributed by atoms with E-state index in [1.54, 1.807) is 6.07 Å². The number of halogens is 1. The first-order valence-electron chi connectivity index (χ1n) is 5.92. The highest BCUT2D eigenvalue weighted by Crippen LogP contribution is 2.34. The summed E-state index contributed by atoms with van der Waals surface area (Å²) in [5.41, 5.74) is 0.214. The number of hydrogen-bond donors (Lipinski definition) is 1. The molecule has 1 N–H and O–H groups in total. The van der Waals surface area contributed by atoms with Crippen molar-refractivity contribution >= 4 is 28.6 Å². The van der Waals surface area contributed by atoms with Crippen LogP contribution in [0.25, 0.3) is 0 Å². The van der Waals surface area contributed by atoms with Crippen LogP contribution in [0.15, 0.2) is 12.1 Å². The van der Waals surface area contributed by atoms with Crippen molar-refractivity contribution in [2.45, 2.75) is 26.7 Å². The third kappa shape index (κ3) is 4.04. The predicted octanol–water partition coefficient (Wildman–Crippen LogP) is 3.57. The molecule has 1 rings (SSSR count). The van der Waals surface area contributed by atoms with Crippen LogP contribution < -0.4 is 9.47 Å². The van der Waals surface area contributed by atoms with E-state index in [9.17, 15) is 4.79 Å². The molecule has 0 saturated heterocycles. The minimum atomic E-state index is -0.964. The van der Waals surface area contributed by atoms with Gasteiger partial charge in [-0.25, -0.2) is 4.79 Å². The summed E-state index contributed by atoms with van der Waals surface area (Å²) >= 11 is 2.07. The summed E-state index contributed by atoms with van der Waals surface area (Å²) in [5.74, 6) is 0.169. The molecule has 0 saturated carbocycles. The van der Waals surface area contributed by atoms with Gasteiger partial charge in [-0.15, -0.1) is 0 Å². The van der Waals surface area contributed by atoms with Gasteiger partial charge in [-0.05, 0) is 48.1 Å². The van der Waals surface area contributed by atoms with Gasteiger partial charge in [0.15, 0.2) is 11.5 Å². The number of ether oxygens (including phenoxy) is 2. The smallest absolute Gasteiger partial charge is 0.335 e. The third-order valence-corrected chi connectivity index (χ3v) is 3.10. The van der Waals surface area contributed by atoms with E-state index in [0.717, 1.165) is 16.4 Å². The Kier molecular flexibility index (Phi) is 6.24. The van der Waals surface area contributed by atoms with Crippen molar-refractivity contribution in [3.8, 4) is 11.5 Å². The molecule has 0 bridgehead atoms. The molecular weight excluding hydrogens is 347 g/mol. The topological polar surface area (TPSA) is 55.8 Å². The van der Waals surface area contributed by atoms with Crippen LogP contribution in [0.1, 0.15) is 37.0 Å². The average molecular weight is 364 g/mol. The molecule has 0 radical (unpaired) electrons. The van der Waals surface area contributed by atoms with Crippen molar-refractivity contribution < 1.29 is 19.4 Å². The van der Waals surface area contributed by atoms with E-state index in [2.05, 4.69) is 29.5 Å². The van der Waals surface area contributed by atoms with Crippen LogP contribution >= 0.6 is 22.6 Å². The molecule has 5 heteroatoms. The fraction of sp³-hybridized carbons (Fsp3) is 0.462. The van der Waals surface area contributed by atoms with Gasteiger partial charge in [-0.3, -0.25) is 0 Å². The van der Waals surface area contributed by atoms with E-state index in [4.69, 9.17) is 14.6 Å². The Morgan fingerprint density at radius 3 is 2.61 bits per heavy atom. The highest BCUT2D eigenvalue weighted by molar-refractivity contribution is 14.1. The molecule has 0 aromatic heterocycles. The standard InChI is InChI=1S/C13H17IO4/c1-3-5-6-18-12-10(14)7-9(13(15)16)8-11(12)17-4-2/h7-8H,3-6H2,1-2H3,(H,15,16). The van der Waals surface area contributed by atoms with Crippen molar-refractivity contribution in [2.75, 3.05) is 13.2 Å². The van der Waals surface area contributed by atoms with Crippen molar-refractivity contribution in [3.63, 3.8) is 0 Å². The van der Waals surface area contributed by atoms with E-state index in [1.807, 2.05) is 6.92 Å². The number of aromatic carboxylic acids is 1. The molecule has 4 nitrogen and oxygen atoms in total. The summed E-state index contributed by atoms with van der Waals surface area (Å²) in [5, 5.41) is 9.01. The Morgan fingerprint density at radius 2 is 2.06 bits per heavy atom. The molecule has 1 aromatic carbocycles. The van der Waals surface area contributed by atoms with Crippen LogP contribution in [0.5, 0.6) is 11.5 Å². The molecule has 1 aromatic rings. The largest absolute Gasteiger partial charge is 0.490 e. The van der Waals surface area contributed by atoms with Gasteiger partial charge >= 0.3 is 5.97 Å². The lowest BCUT2D eigenvalue weighted by atomic mass is 10.2. The Balaban J connectivity index is 3.02. The fourth-order valence-electron chi connectivity index (χ4n) is 1.41. The number of hydrogen-bond acceptors (Lipinski definition) is 3. The highest BCUT2D eigenvalue weighted by Gasteiger charge is 2.15. The predicted molar refractivity (Wildman–Crippen MR) is 77.7 cm³/mol. The second-order valence-corrected chi connectivity index (χ2v) is 4.89. The van der Waals surface area contributed by atoms with E-state index in [0.29, 0.717) is 24.7 Å². The summed E-state index contributed by atoms with van der Waals surface area (Å²) in [7, 11) is 0. The van der Waals surface area contributed by atoms with Gasteiger partial charge in [0, 0.05) is 0 Å². The fourth-order valence-corrected chi connectivity index (χ4v) is 2.17. The van der Waals surface area contributed by atoms with E-state index < -0.39 is 5.97 Å².